The normalized spacial score (nSPS) is 15.4. The fraction of sp³-hybridized carbons (Fsp3) is 0.350. The topological polar surface area (TPSA) is 97.2 Å². The Bertz CT molecular complexity index is 1170. The van der Waals surface area contributed by atoms with Crippen molar-refractivity contribution in [1.29, 1.82) is 0 Å². The molecule has 0 atom stereocenters. The number of carbonyl (C=O) groups excluding carboxylic acids is 1. The fourth-order valence-electron chi connectivity index (χ4n) is 3.53. The van der Waals surface area contributed by atoms with E-state index in [0.717, 1.165) is 19.3 Å². The summed E-state index contributed by atoms with van der Waals surface area (Å²) in [5.41, 5.74) is 1.49. The van der Waals surface area contributed by atoms with E-state index >= 15 is 0 Å². The monoisotopic (exact) mass is 431 g/mol. The van der Waals surface area contributed by atoms with Crippen molar-refractivity contribution in [3.63, 3.8) is 0 Å². The lowest BCUT2D eigenvalue weighted by Gasteiger charge is -2.25. The highest BCUT2D eigenvalue weighted by atomic mass is 32.2. The molecule has 1 aliphatic heterocycles. The molecule has 0 bridgehead atoms. The number of aryl methyl sites for hydroxylation is 1. The molecule has 0 saturated carbocycles. The minimum absolute atomic E-state index is 0.114. The lowest BCUT2D eigenvalue weighted by atomic mass is 10.2. The van der Waals surface area contributed by atoms with E-state index < -0.39 is 15.8 Å². The maximum absolute atomic E-state index is 13.2. The number of fused-ring (bicyclic) bond motifs is 1. The van der Waals surface area contributed by atoms with Gasteiger partial charge in [0, 0.05) is 25.2 Å². The van der Waals surface area contributed by atoms with Crippen molar-refractivity contribution < 1.29 is 17.6 Å². The van der Waals surface area contributed by atoms with Gasteiger partial charge in [-0.3, -0.25) is 4.79 Å². The van der Waals surface area contributed by atoms with Crippen LogP contribution in [0.5, 0.6) is 0 Å². The van der Waals surface area contributed by atoms with E-state index in [2.05, 4.69) is 15.6 Å². The zero-order chi connectivity index (χ0) is 21.1. The van der Waals surface area contributed by atoms with Crippen LogP contribution in [0, 0.1) is 5.82 Å². The number of aromatic nitrogens is 3. The van der Waals surface area contributed by atoms with Gasteiger partial charge in [-0.1, -0.05) is 17.7 Å². The standard InChI is InChI=1S/C20H22FN5O3S/c21-15-5-4-6-16(13-15)22-20(27)9-12-26-19-8-7-17(14-18(19)23-24-26)30(28,29)25-10-2-1-3-11-25/h4-8,13-14H,1-3,9-12H2,(H,22,27). The lowest BCUT2D eigenvalue weighted by Crippen LogP contribution is -2.35. The van der Waals surface area contributed by atoms with E-state index in [1.165, 1.54) is 28.6 Å². The van der Waals surface area contributed by atoms with Crippen LogP contribution in [0.25, 0.3) is 11.0 Å². The number of sulfonamides is 1. The van der Waals surface area contributed by atoms with Gasteiger partial charge in [-0.2, -0.15) is 4.31 Å². The van der Waals surface area contributed by atoms with Crippen molar-refractivity contribution in [2.24, 2.45) is 0 Å². The Hall–Kier alpha value is -2.85. The van der Waals surface area contributed by atoms with E-state index in [9.17, 15) is 17.6 Å². The molecule has 2 heterocycles. The first kappa shape index (κ1) is 20.4. The number of carbonyl (C=O) groups is 1. The Balaban J connectivity index is 1.45. The average molecular weight is 431 g/mol. The minimum atomic E-state index is -3.55. The Morgan fingerprint density at radius 2 is 1.90 bits per heavy atom. The summed E-state index contributed by atoms with van der Waals surface area (Å²) >= 11 is 0. The van der Waals surface area contributed by atoms with Crippen LogP contribution >= 0.6 is 0 Å². The average Bonchev–Trinajstić information content (AvgIpc) is 3.15. The SMILES string of the molecule is O=C(CCn1nnc2cc(S(=O)(=O)N3CCCCC3)ccc21)Nc1cccc(F)c1. The van der Waals surface area contributed by atoms with Crippen LogP contribution in [-0.2, 0) is 21.4 Å². The molecule has 1 aromatic heterocycles. The number of piperidine rings is 1. The number of nitrogens with one attached hydrogen (secondary N) is 1. The number of hydrogen-bond donors (Lipinski definition) is 1. The first-order valence-electron chi connectivity index (χ1n) is 9.82. The largest absolute Gasteiger partial charge is 0.326 e. The van der Waals surface area contributed by atoms with Crippen LogP contribution in [0.1, 0.15) is 25.7 Å². The second kappa shape index (κ2) is 8.49. The van der Waals surface area contributed by atoms with E-state index in [4.69, 9.17) is 0 Å². The van der Waals surface area contributed by atoms with Crippen molar-refractivity contribution in [2.75, 3.05) is 18.4 Å². The Kier molecular flexibility index (Phi) is 5.78. The van der Waals surface area contributed by atoms with E-state index in [1.807, 2.05) is 0 Å². The van der Waals surface area contributed by atoms with Gasteiger partial charge in [-0.25, -0.2) is 17.5 Å². The molecule has 0 radical (unpaired) electrons. The highest BCUT2D eigenvalue weighted by Gasteiger charge is 2.26. The summed E-state index contributed by atoms with van der Waals surface area (Å²) in [7, 11) is -3.55. The molecule has 1 N–H and O–H groups in total. The predicted molar refractivity (Wildman–Crippen MR) is 110 cm³/mol. The Morgan fingerprint density at radius 1 is 1.10 bits per heavy atom. The van der Waals surface area contributed by atoms with Crippen molar-refractivity contribution in [1.82, 2.24) is 19.3 Å². The van der Waals surface area contributed by atoms with Crippen LogP contribution in [0.2, 0.25) is 0 Å². The first-order valence-corrected chi connectivity index (χ1v) is 11.3. The predicted octanol–water partition coefficient (Wildman–Crippen LogP) is 2.77. The molecule has 10 heteroatoms. The number of anilines is 1. The summed E-state index contributed by atoms with van der Waals surface area (Å²) in [5.74, 6) is -0.709. The molecule has 158 valence electrons. The van der Waals surface area contributed by atoms with Crippen molar-refractivity contribution >= 4 is 32.7 Å². The third kappa shape index (κ3) is 4.34. The molecule has 0 spiro atoms. The lowest BCUT2D eigenvalue weighted by molar-refractivity contribution is -0.116. The second-order valence-electron chi connectivity index (χ2n) is 7.24. The smallest absolute Gasteiger partial charge is 0.243 e. The number of rotatable bonds is 6. The quantitative estimate of drug-likeness (QED) is 0.647. The van der Waals surface area contributed by atoms with Crippen molar-refractivity contribution in [2.45, 2.75) is 37.1 Å². The van der Waals surface area contributed by atoms with Crippen molar-refractivity contribution in [3.05, 3.63) is 48.3 Å². The van der Waals surface area contributed by atoms with E-state index in [-0.39, 0.29) is 23.8 Å². The summed E-state index contributed by atoms with van der Waals surface area (Å²) in [6, 6.07) is 10.4. The molecule has 1 aliphatic rings. The first-order chi connectivity index (χ1) is 14.4. The number of hydrogen-bond acceptors (Lipinski definition) is 5. The fourth-order valence-corrected chi connectivity index (χ4v) is 5.07. The minimum Gasteiger partial charge on any atom is -0.326 e. The number of amides is 1. The third-order valence-corrected chi connectivity index (χ3v) is 6.99. The second-order valence-corrected chi connectivity index (χ2v) is 9.17. The number of halogens is 1. The van der Waals surface area contributed by atoms with Crippen LogP contribution < -0.4 is 5.32 Å². The van der Waals surface area contributed by atoms with Gasteiger partial charge >= 0.3 is 0 Å². The number of benzene rings is 2. The molecular formula is C20H22FN5O3S. The molecule has 8 nitrogen and oxygen atoms in total. The van der Waals surface area contributed by atoms with Gasteiger partial charge in [-0.05, 0) is 49.2 Å². The van der Waals surface area contributed by atoms with Gasteiger partial charge in [-0.15, -0.1) is 5.10 Å². The Labute approximate surface area is 173 Å². The van der Waals surface area contributed by atoms with Gasteiger partial charge < -0.3 is 5.32 Å². The van der Waals surface area contributed by atoms with Gasteiger partial charge in [0.05, 0.1) is 17.0 Å². The van der Waals surface area contributed by atoms with Gasteiger partial charge in [0.1, 0.15) is 11.3 Å². The Morgan fingerprint density at radius 3 is 2.67 bits per heavy atom. The molecule has 0 aliphatic carbocycles. The van der Waals surface area contributed by atoms with E-state index in [0.29, 0.717) is 29.8 Å². The summed E-state index contributed by atoms with van der Waals surface area (Å²) in [4.78, 5) is 12.3. The molecule has 1 amide bonds. The highest BCUT2D eigenvalue weighted by molar-refractivity contribution is 7.89. The summed E-state index contributed by atoms with van der Waals surface area (Å²) in [5, 5.41) is 10.7. The van der Waals surface area contributed by atoms with Gasteiger partial charge in [0.25, 0.3) is 0 Å². The van der Waals surface area contributed by atoms with Crippen LogP contribution in [-0.4, -0.2) is 46.7 Å². The molecule has 4 rings (SSSR count). The maximum atomic E-state index is 13.2. The molecule has 30 heavy (non-hydrogen) atoms. The molecule has 0 unspecified atom stereocenters. The van der Waals surface area contributed by atoms with Gasteiger partial charge in [0.2, 0.25) is 15.9 Å². The zero-order valence-corrected chi connectivity index (χ0v) is 17.1. The van der Waals surface area contributed by atoms with E-state index in [1.54, 1.807) is 22.9 Å². The van der Waals surface area contributed by atoms with Gasteiger partial charge in [0.15, 0.2) is 0 Å². The van der Waals surface area contributed by atoms with Crippen molar-refractivity contribution in [3.8, 4) is 0 Å². The molecule has 1 fully saturated rings. The zero-order valence-electron chi connectivity index (χ0n) is 16.3. The molecule has 1 saturated heterocycles. The van der Waals surface area contributed by atoms with Crippen LogP contribution in [0.4, 0.5) is 10.1 Å². The van der Waals surface area contributed by atoms with Crippen LogP contribution in [0.3, 0.4) is 0 Å². The molecular weight excluding hydrogens is 409 g/mol. The maximum Gasteiger partial charge on any atom is 0.243 e. The third-order valence-electron chi connectivity index (χ3n) is 5.10. The summed E-state index contributed by atoms with van der Waals surface area (Å²) in [6.45, 7) is 1.33. The summed E-state index contributed by atoms with van der Waals surface area (Å²) in [6.07, 6.45) is 2.90. The summed E-state index contributed by atoms with van der Waals surface area (Å²) < 4.78 is 42.0. The van der Waals surface area contributed by atoms with Crippen LogP contribution in [0.15, 0.2) is 47.4 Å². The molecule has 2 aromatic carbocycles. The number of nitrogens with zero attached hydrogens (tertiary/aromatic N) is 4. The molecule has 3 aromatic rings. The highest BCUT2D eigenvalue weighted by Crippen LogP contribution is 2.23.